The maximum absolute atomic E-state index is 13.2. The van der Waals surface area contributed by atoms with E-state index in [2.05, 4.69) is 33.0 Å². The summed E-state index contributed by atoms with van der Waals surface area (Å²) in [7, 11) is 0. The highest BCUT2D eigenvalue weighted by Crippen LogP contribution is 2.29. The summed E-state index contributed by atoms with van der Waals surface area (Å²) >= 11 is 6.12. The summed E-state index contributed by atoms with van der Waals surface area (Å²) < 4.78 is 13.2. The van der Waals surface area contributed by atoms with Gasteiger partial charge in [-0.15, -0.1) is 0 Å². The smallest absolute Gasteiger partial charge is 0.123 e. The van der Waals surface area contributed by atoms with E-state index in [0.717, 1.165) is 31.5 Å². The molecule has 108 valence electrons. The molecule has 0 aliphatic rings. The zero-order valence-corrected chi connectivity index (χ0v) is 13.1. The van der Waals surface area contributed by atoms with Gasteiger partial charge in [0.2, 0.25) is 0 Å². The Labute approximate surface area is 121 Å². The van der Waals surface area contributed by atoms with Crippen molar-refractivity contribution in [1.29, 1.82) is 0 Å². The predicted molar refractivity (Wildman–Crippen MR) is 81.2 cm³/mol. The summed E-state index contributed by atoms with van der Waals surface area (Å²) in [6.07, 6.45) is 1.85. The summed E-state index contributed by atoms with van der Waals surface area (Å²) in [5.74, 6) is 0.453. The molecule has 0 aromatic heterocycles. The molecule has 1 rings (SSSR count). The van der Waals surface area contributed by atoms with Crippen molar-refractivity contribution in [2.75, 3.05) is 13.1 Å². The van der Waals surface area contributed by atoms with Gasteiger partial charge in [-0.05, 0) is 61.0 Å². The highest BCUT2D eigenvalue weighted by atomic mass is 35.5. The van der Waals surface area contributed by atoms with E-state index in [9.17, 15) is 4.39 Å². The minimum atomic E-state index is -0.215. The van der Waals surface area contributed by atoms with Gasteiger partial charge in [0.15, 0.2) is 0 Å². The topological polar surface area (TPSA) is 12.0 Å². The Kier molecular flexibility index (Phi) is 6.28. The summed E-state index contributed by atoms with van der Waals surface area (Å²) in [6, 6.07) is 4.59. The Morgan fingerprint density at radius 3 is 2.63 bits per heavy atom. The van der Waals surface area contributed by atoms with Crippen LogP contribution >= 0.6 is 11.6 Å². The highest BCUT2D eigenvalue weighted by molar-refractivity contribution is 6.31. The lowest BCUT2D eigenvalue weighted by atomic mass is 9.82. The second-order valence-corrected chi connectivity index (χ2v) is 6.83. The van der Waals surface area contributed by atoms with Crippen LogP contribution in [-0.2, 0) is 6.42 Å². The number of halogens is 2. The van der Waals surface area contributed by atoms with Crippen LogP contribution in [-0.4, -0.2) is 13.1 Å². The van der Waals surface area contributed by atoms with Crippen LogP contribution < -0.4 is 5.32 Å². The quantitative estimate of drug-likeness (QED) is 0.717. The Morgan fingerprint density at radius 2 is 2.00 bits per heavy atom. The van der Waals surface area contributed by atoms with Crippen molar-refractivity contribution < 1.29 is 4.39 Å². The second-order valence-electron chi connectivity index (χ2n) is 6.42. The Morgan fingerprint density at radius 1 is 1.32 bits per heavy atom. The first kappa shape index (κ1) is 16.5. The van der Waals surface area contributed by atoms with E-state index in [1.807, 2.05) is 0 Å². The summed E-state index contributed by atoms with van der Waals surface area (Å²) in [5.41, 5.74) is 1.01. The molecule has 1 nitrogen and oxygen atoms in total. The van der Waals surface area contributed by atoms with Gasteiger partial charge in [0.1, 0.15) is 5.82 Å². The molecular weight excluding hydrogens is 261 g/mol. The first-order valence-corrected chi connectivity index (χ1v) is 7.32. The lowest BCUT2D eigenvalue weighted by molar-refractivity contribution is 0.322. The van der Waals surface area contributed by atoms with Gasteiger partial charge in [0.25, 0.3) is 0 Å². The molecule has 0 aliphatic carbocycles. The van der Waals surface area contributed by atoms with Crippen molar-refractivity contribution in [3.8, 4) is 0 Å². The van der Waals surface area contributed by atoms with E-state index in [4.69, 9.17) is 11.6 Å². The van der Waals surface area contributed by atoms with E-state index in [1.54, 1.807) is 12.1 Å². The van der Waals surface area contributed by atoms with Crippen LogP contribution in [0.3, 0.4) is 0 Å². The van der Waals surface area contributed by atoms with Gasteiger partial charge in [-0.2, -0.15) is 0 Å². The van der Waals surface area contributed by atoms with E-state index < -0.39 is 0 Å². The van der Waals surface area contributed by atoms with Crippen molar-refractivity contribution in [1.82, 2.24) is 5.32 Å². The molecule has 0 unspecified atom stereocenters. The molecule has 1 aromatic rings. The molecule has 0 saturated heterocycles. The first-order chi connectivity index (χ1) is 8.80. The molecule has 0 radical (unpaired) electrons. The van der Waals surface area contributed by atoms with Gasteiger partial charge in [-0.1, -0.05) is 39.3 Å². The lowest BCUT2D eigenvalue weighted by Gasteiger charge is -2.25. The van der Waals surface area contributed by atoms with E-state index in [0.29, 0.717) is 10.9 Å². The summed E-state index contributed by atoms with van der Waals surface area (Å²) in [6.45, 7) is 10.8. The number of nitrogens with one attached hydrogen (secondary N) is 1. The minimum absolute atomic E-state index is 0.113. The van der Waals surface area contributed by atoms with Crippen LogP contribution in [0, 0.1) is 17.2 Å². The number of benzene rings is 1. The van der Waals surface area contributed by atoms with Crippen LogP contribution in [0.2, 0.25) is 5.02 Å². The van der Waals surface area contributed by atoms with Crippen molar-refractivity contribution in [3.63, 3.8) is 0 Å². The van der Waals surface area contributed by atoms with Gasteiger partial charge in [0.05, 0.1) is 0 Å². The maximum atomic E-state index is 13.2. The average molecular weight is 286 g/mol. The second kappa shape index (κ2) is 7.25. The third kappa shape index (κ3) is 6.40. The molecule has 0 fully saturated rings. The first-order valence-electron chi connectivity index (χ1n) is 6.95. The fraction of sp³-hybridized carbons (Fsp3) is 0.625. The molecule has 1 aromatic carbocycles. The van der Waals surface area contributed by atoms with Crippen molar-refractivity contribution in [2.24, 2.45) is 11.3 Å². The normalized spacial score (nSPS) is 12.2. The molecule has 0 amide bonds. The van der Waals surface area contributed by atoms with Gasteiger partial charge < -0.3 is 5.32 Å². The molecule has 0 aliphatic heterocycles. The van der Waals surface area contributed by atoms with Gasteiger partial charge >= 0.3 is 0 Å². The SMILES string of the molecule is CC(C)CNCCC(C)(C)Cc1cc(F)ccc1Cl. The van der Waals surface area contributed by atoms with Crippen molar-refractivity contribution >= 4 is 11.6 Å². The Bertz CT molecular complexity index is 402. The van der Waals surface area contributed by atoms with Crippen molar-refractivity contribution in [2.45, 2.75) is 40.5 Å². The van der Waals surface area contributed by atoms with E-state index in [1.165, 1.54) is 6.07 Å². The summed E-state index contributed by atoms with van der Waals surface area (Å²) in [5, 5.41) is 4.10. The Hall–Kier alpha value is -0.600. The number of hydrogen-bond donors (Lipinski definition) is 1. The molecule has 0 spiro atoms. The monoisotopic (exact) mass is 285 g/mol. The van der Waals surface area contributed by atoms with Gasteiger partial charge in [-0.3, -0.25) is 0 Å². The van der Waals surface area contributed by atoms with Crippen molar-refractivity contribution in [3.05, 3.63) is 34.6 Å². The van der Waals surface area contributed by atoms with Crippen LogP contribution in [0.1, 0.15) is 39.7 Å². The molecule has 0 atom stereocenters. The van der Waals surface area contributed by atoms with Gasteiger partial charge in [-0.25, -0.2) is 4.39 Å². The van der Waals surface area contributed by atoms with E-state index in [-0.39, 0.29) is 11.2 Å². The molecule has 0 saturated carbocycles. The highest BCUT2D eigenvalue weighted by Gasteiger charge is 2.19. The van der Waals surface area contributed by atoms with Crippen LogP contribution in [0.4, 0.5) is 4.39 Å². The number of rotatable bonds is 7. The molecule has 1 N–H and O–H groups in total. The molecule has 19 heavy (non-hydrogen) atoms. The molecular formula is C16H25ClFN. The summed E-state index contributed by atoms with van der Waals surface area (Å²) in [4.78, 5) is 0. The maximum Gasteiger partial charge on any atom is 0.123 e. The van der Waals surface area contributed by atoms with Crippen LogP contribution in [0.15, 0.2) is 18.2 Å². The zero-order chi connectivity index (χ0) is 14.5. The fourth-order valence-corrected chi connectivity index (χ4v) is 2.28. The zero-order valence-electron chi connectivity index (χ0n) is 12.4. The van der Waals surface area contributed by atoms with Crippen LogP contribution in [0.25, 0.3) is 0 Å². The largest absolute Gasteiger partial charge is 0.316 e. The molecule has 3 heteroatoms. The van der Waals surface area contributed by atoms with Gasteiger partial charge in [0, 0.05) is 5.02 Å². The van der Waals surface area contributed by atoms with E-state index >= 15 is 0 Å². The fourth-order valence-electron chi connectivity index (χ4n) is 2.10. The standard InChI is InChI=1S/C16H25ClFN/c1-12(2)11-19-8-7-16(3,4)10-13-9-14(18)5-6-15(13)17/h5-6,9,12,19H,7-8,10-11H2,1-4H3. The number of hydrogen-bond acceptors (Lipinski definition) is 1. The van der Waals surface area contributed by atoms with Crippen LogP contribution in [0.5, 0.6) is 0 Å². The molecule has 0 bridgehead atoms. The third-order valence-electron chi connectivity index (χ3n) is 3.21. The third-order valence-corrected chi connectivity index (χ3v) is 3.58. The molecule has 0 heterocycles. The minimum Gasteiger partial charge on any atom is -0.316 e. The Balaban J connectivity index is 2.51. The lowest BCUT2D eigenvalue weighted by Crippen LogP contribution is -2.26. The predicted octanol–water partition coefficient (Wildman–Crippen LogP) is 4.68. The average Bonchev–Trinajstić information content (AvgIpc) is 2.29.